The molecule has 0 aromatic heterocycles. The molecular formula is C15H21NO2. The predicted molar refractivity (Wildman–Crippen MR) is 71.2 cm³/mol. The van der Waals surface area contributed by atoms with Gasteiger partial charge in [-0.05, 0) is 38.3 Å². The van der Waals surface area contributed by atoms with Gasteiger partial charge in [0.2, 0.25) is 0 Å². The molecule has 0 spiro atoms. The Labute approximate surface area is 109 Å². The molecule has 1 aliphatic rings. The predicted octanol–water partition coefficient (Wildman–Crippen LogP) is 2.38. The van der Waals surface area contributed by atoms with Gasteiger partial charge in [-0.25, -0.2) is 0 Å². The third-order valence-electron chi connectivity index (χ3n) is 3.54. The number of rotatable bonds is 5. The smallest absolute Gasteiger partial charge is 0.323 e. The van der Waals surface area contributed by atoms with Gasteiger partial charge in [-0.3, -0.25) is 9.69 Å². The first-order chi connectivity index (χ1) is 8.61. The van der Waals surface area contributed by atoms with Gasteiger partial charge in [0.1, 0.15) is 6.04 Å². The summed E-state index contributed by atoms with van der Waals surface area (Å²) in [5, 5.41) is 0. The summed E-state index contributed by atoms with van der Waals surface area (Å²) in [6.45, 7) is 2.87. The summed E-state index contributed by atoms with van der Waals surface area (Å²) >= 11 is 0. The van der Waals surface area contributed by atoms with E-state index in [1.807, 2.05) is 7.05 Å². The van der Waals surface area contributed by atoms with E-state index in [9.17, 15) is 4.79 Å². The van der Waals surface area contributed by atoms with Crippen LogP contribution in [0.15, 0.2) is 24.3 Å². The molecule has 3 nitrogen and oxygen atoms in total. The van der Waals surface area contributed by atoms with Gasteiger partial charge in [-0.15, -0.1) is 0 Å². The van der Waals surface area contributed by atoms with E-state index in [0.717, 1.165) is 19.4 Å². The summed E-state index contributed by atoms with van der Waals surface area (Å²) < 4.78 is 4.91. The Morgan fingerprint density at radius 3 is 2.50 bits per heavy atom. The minimum absolute atomic E-state index is 0.0868. The van der Waals surface area contributed by atoms with Crippen LogP contribution in [0.25, 0.3) is 0 Å². The lowest BCUT2D eigenvalue weighted by molar-refractivity contribution is -0.147. The van der Waals surface area contributed by atoms with Crippen molar-refractivity contribution in [3.8, 4) is 0 Å². The van der Waals surface area contributed by atoms with Crippen molar-refractivity contribution < 1.29 is 9.53 Å². The van der Waals surface area contributed by atoms with Gasteiger partial charge in [-0.1, -0.05) is 29.8 Å². The number of nitrogens with zero attached hydrogens (tertiary/aromatic N) is 1. The molecule has 1 atom stereocenters. The van der Waals surface area contributed by atoms with Crippen molar-refractivity contribution in [2.75, 3.05) is 14.2 Å². The van der Waals surface area contributed by atoms with Crippen molar-refractivity contribution in [2.45, 2.75) is 32.4 Å². The van der Waals surface area contributed by atoms with Crippen LogP contribution in [0.4, 0.5) is 0 Å². The number of ether oxygens (including phenoxy) is 1. The number of carbonyl (C=O) groups is 1. The Morgan fingerprint density at radius 1 is 1.39 bits per heavy atom. The van der Waals surface area contributed by atoms with Gasteiger partial charge in [-0.2, -0.15) is 0 Å². The van der Waals surface area contributed by atoms with Gasteiger partial charge in [0.05, 0.1) is 7.11 Å². The van der Waals surface area contributed by atoms with E-state index in [4.69, 9.17) is 4.74 Å². The molecule has 0 N–H and O–H groups in total. The topological polar surface area (TPSA) is 29.5 Å². The normalized spacial score (nSPS) is 16.7. The van der Waals surface area contributed by atoms with E-state index in [1.54, 1.807) is 0 Å². The van der Waals surface area contributed by atoms with Crippen LogP contribution in [0.2, 0.25) is 0 Å². The molecule has 0 aliphatic heterocycles. The summed E-state index contributed by atoms with van der Waals surface area (Å²) in [6, 6.07) is 8.36. The number of esters is 1. The number of methoxy groups -OCH3 is 1. The average molecular weight is 247 g/mol. The second-order valence-corrected chi connectivity index (χ2v) is 5.21. The van der Waals surface area contributed by atoms with E-state index >= 15 is 0 Å². The lowest BCUT2D eigenvalue weighted by atomic mass is 10.1. The molecule has 1 saturated carbocycles. The van der Waals surface area contributed by atoms with E-state index in [-0.39, 0.29) is 12.0 Å². The molecule has 98 valence electrons. The third kappa shape index (κ3) is 3.10. The van der Waals surface area contributed by atoms with Crippen LogP contribution < -0.4 is 0 Å². The second-order valence-electron chi connectivity index (χ2n) is 5.21. The first-order valence-electron chi connectivity index (χ1n) is 6.45. The molecule has 0 radical (unpaired) electrons. The molecular weight excluding hydrogens is 226 g/mol. The minimum atomic E-state index is -0.105. The fraction of sp³-hybridized carbons (Fsp3) is 0.533. The van der Waals surface area contributed by atoms with Crippen LogP contribution >= 0.6 is 0 Å². The van der Waals surface area contributed by atoms with E-state index in [2.05, 4.69) is 36.1 Å². The van der Waals surface area contributed by atoms with Crippen molar-refractivity contribution in [3.05, 3.63) is 35.4 Å². The maximum Gasteiger partial charge on any atom is 0.323 e. The van der Waals surface area contributed by atoms with Crippen LogP contribution in [-0.2, 0) is 16.1 Å². The summed E-state index contributed by atoms with van der Waals surface area (Å²) in [5.41, 5.74) is 2.49. The summed E-state index contributed by atoms with van der Waals surface area (Å²) in [6.07, 6.45) is 2.27. The summed E-state index contributed by atoms with van der Waals surface area (Å²) in [5.74, 6) is 0.375. The van der Waals surface area contributed by atoms with Crippen molar-refractivity contribution in [1.82, 2.24) is 4.90 Å². The van der Waals surface area contributed by atoms with Crippen LogP contribution in [0.1, 0.15) is 24.0 Å². The Bertz CT molecular complexity index is 409. The fourth-order valence-electron chi connectivity index (χ4n) is 2.34. The minimum Gasteiger partial charge on any atom is -0.468 e. The van der Waals surface area contributed by atoms with Crippen molar-refractivity contribution >= 4 is 5.97 Å². The van der Waals surface area contributed by atoms with Crippen LogP contribution in [0, 0.1) is 12.8 Å². The highest BCUT2D eigenvalue weighted by Gasteiger charge is 2.39. The fourth-order valence-corrected chi connectivity index (χ4v) is 2.34. The third-order valence-corrected chi connectivity index (χ3v) is 3.54. The van der Waals surface area contributed by atoms with Gasteiger partial charge >= 0.3 is 5.97 Å². The maximum atomic E-state index is 11.8. The van der Waals surface area contributed by atoms with Crippen LogP contribution in [-0.4, -0.2) is 31.1 Å². The average Bonchev–Trinajstić information content (AvgIpc) is 3.16. The zero-order valence-corrected chi connectivity index (χ0v) is 11.3. The highest BCUT2D eigenvalue weighted by Crippen LogP contribution is 2.36. The summed E-state index contributed by atoms with van der Waals surface area (Å²) in [4.78, 5) is 13.9. The molecule has 1 unspecified atom stereocenters. The lowest BCUT2D eigenvalue weighted by Gasteiger charge is -2.25. The van der Waals surface area contributed by atoms with Crippen LogP contribution in [0.3, 0.4) is 0 Å². The van der Waals surface area contributed by atoms with Gasteiger partial charge < -0.3 is 4.74 Å². The Hall–Kier alpha value is -1.35. The number of aryl methyl sites for hydroxylation is 1. The maximum absolute atomic E-state index is 11.8. The molecule has 0 heterocycles. The van der Waals surface area contributed by atoms with Gasteiger partial charge in [0.15, 0.2) is 0 Å². The first kappa shape index (κ1) is 13.1. The van der Waals surface area contributed by atoms with Crippen molar-refractivity contribution in [2.24, 2.45) is 5.92 Å². The molecule has 1 aromatic carbocycles. The summed E-state index contributed by atoms with van der Waals surface area (Å²) in [7, 11) is 3.47. The Kier molecular flexibility index (Phi) is 4.02. The lowest BCUT2D eigenvalue weighted by Crippen LogP contribution is -2.40. The Balaban J connectivity index is 2.02. The molecule has 18 heavy (non-hydrogen) atoms. The molecule has 1 aliphatic carbocycles. The number of benzene rings is 1. The zero-order chi connectivity index (χ0) is 13.1. The number of likely N-dealkylation sites (N-methyl/N-ethyl adjacent to an activating group) is 1. The highest BCUT2D eigenvalue weighted by atomic mass is 16.5. The molecule has 1 fully saturated rings. The van der Waals surface area contributed by atoms with E-state index in [1.165, 1.54) is 18.2 Å². The quantitative estimate of drug-likeness (QED) is 0.748. The number of hydrogen-bond donors (Lipinski definition) is 0. The molecule has 3 heteroatoms. The van der Waals surface area contributed by atoms with E-state index < -0.39 is 0 Å². The molecule has 0 bridgehead atoms. The van der Waals surface area contributed by atoms with Crippen molar-refractivity contribution in [1.29, 1.82) is 0 Å². The molecule has 1 aromatic rings. The SMILES string of the molecule is COC(=O)C(C1CC1)N(C)Cc1ccc(C)cc1. The molecule has 0 saturated heterocycles. The van der Waals surface area contributed by atoms with Crippen LogP contribution in [0.5, 0.6) is 0 Å². The zero-order valence-electron chi connectivity index (χ0n) is 11.3. The standard InChI is InChI=1S/C15H21NO2/c1-11-4-6-12(7-5-11)10-16(2)14(13-8-9-13)15(17)18-3/h4-7,13-14H,8-10H2,1-3H3. The first-order valence-corrected chi connectivity index (χ1v) is 6.45. The van der Waals surface area contributed by atoms with Crippen molar-refractivity contribution in [3.63, 3.8) is 0 Å². The Morgan fingerprint density at radius 2 is 2.00 bits per heavy atom. The molecule has 0 amide bonds. The number of carbonyl (C=O) groups excluding carboxylic acids is 1. The van der Waals surface area contributed by atoms with Gasteiger partial charge in [0, 0.05) is 6.54 Å². The monoisotopic (exact) mass is 247 g/mol. The second kappa shape index (κ2) is 5.53. The molecule has 2 rings (SSSR count). The highest BCUT2D eigenvalue weighted by molar-refractivity contribution is 5.76. The van der Waals surface area contributed by atoms with E-state index in [0.29, 0.717) is 5.92 Å². The van der Waals surface area contributed by atoms with Gasteiger partial charge in [0.25, 0.3) is 0 Å². The largest absolute Gasteiger partial charge is 0.468 e. The number of hydrogen-bond acceptors (Lipinski definition) is 3.